The second-order valence-corrected chi connectivity index (χ2v) is 4.34. The summed E-state index contributed by atoms with van der Waals surface area (Å²) in [5.41, 5.74) is 1.06. The predicted molar refractivity (Wildman–Crippen MR) is 71.0 cm³/mol. The van der Waals surface area contributed by atoms with Gasteiger partial charge in [-0.15, -0.1) is 0 Å². The number of pyridine rings is 1. The molecular weight excluding hydrogens is 261 g/mol. The van der Waals surface area contributed by atoms with Gasteiger partial charge in [-0.3, -0.25) is 4.79 Å². The second kappa shape index (κ2) is 4.80. The molecule has 0 radical (unpaired) electrons. The van der Waals surface area contributed by atoms with Crippen LogP contribution in [0.1, 0.15) is 22.1 Å². The number of nitrogens with one attached hydrogen (secondary N) is 2. The molecule has 1 aliphatic heterocycles. The maximum absolute atomic E-state index is 13.7. The molecule has 2 heterocycles. The number of ether oxygens (including phenoxy) is 1. The molecule has 1 aromatic heterocycles. The largest absolute Gasteiger partial charge is 0.494 e. The summed E-state index contributed by atoms with van der Waals surface area (Å²) in [4.78, 5) is 16.1. The van der Waals surface area contributed by atoms with E-state index in [9.17, 15) is 9.18 Å². The molecule has 3 rings (SSSR count). The molecule has 6 heteroatoms. The molecule has 2 aromatic rings. The fourth-order valence-corrected chi connectivity index (χ4v) is 2.11. The number of fused-ring (bicyclic) bond motifs is 1. The number of hydrogen-bond donors (Lipinski definition) is 2. The van der Waals surface area contributed by atoms with Gasteiger partial charge in [-0.1, -0.05) is 6.07 Å². The van der Waals surface area contributed by atoms with Crippen LogP contribution in [0.4, 0.5) is 10.2 Å². The third kappa shape index (κ3) is 2.05. The van der Waals surface area contributed by atoms with Crippen molar-refractivity contribution in [1.82, 2.24) is 10.3 Å². The number of anilines is 1. The molecule has 0 spiro atoms. The average molecular weight is 273 g/mol. The van der Waals surface area contributed by atoms with Gasteiger partial charge in [0.15, 0.2) is 11.6 Å². The van der Waals surface area contributed by atoms with E-state index in [-0.39, 0.29) is 11.7 Å². The van der Waals surface area contributed by atoms with Crippen LogP contribution in [-0.4, -0.2) is 18.0 Å². The van der Waals surface area contributed by atoms with E-state index in [1.165, 1.54) is 19.2 Å². The van der Waals surface area contributed by atoms with Crippen LogP contribution < -0.4 is 15.4 Å². The number of halogens is 1. The van der Waals surface area contributed by atoms with Crippen molar-refractivity contribution in [2.75, 3.05) is 12.4 Å². The van der Waals surface area contributed by atoms with Crippen molar-refractivity contribution in [3.8, 4) is 5.75 Å². The highest BCUT2D eigenvalue weighted by Crippen LogP contribution is 2.27. The van der Waals surface area contributed by atoms with E-state index in [0.29, 0.717) is 16.9 Å². The molecule has 0 bridgehead atoms. The lowest BCUT2D eigenvalue weighted by atomic mass is 10.1. The van der Waals surface area contributed by atoms with Crippen molar-refractivity contribution in [3.63, 3.8) is 0 Å². The molecular formula is C14H12FN3O2. The molecule has 102 valence electrons. The highest BCUT2D eigenvalue weighted by molar-refractivity contribution is 6.00. The zero-order valence-corrected chi connectivity index (χ0v) is 10.7. The van der Waals surface area contributed by atoms with Gasteiger partial charge >= 0.3 is 0 Å². The standard InChI is InChI=1S/C14H12FN3O2/c1-20-11-5-4-8(7-10(11)15)12-17-13-9(14(19)18-12)3-2-6-16-13/h2-7,12H,1H3,(H,16,17)(H,18,19)/t12-/m1/s1. The van der Waals surface area contributed by atoms with E-state index >= 15 is 0 Å². The number of aromatic nitrogens is 1. The van der Waals surface area contributed by atoms with Gasteiger partial charge in [0, 0.05) is 6.20 Å². The van der Waals surface area contributed by atoms with Crippen LogP contribution in [0.25, 0.3) is 0 Å². The lowest BCUT2D eigenvalue weighted by Crippen LogP contribution is -2.38. The second-order valence-electron chi connectivity index (χ2n) is 4.34. The van der Waals surface area contributed by atoms with Crippen molar-refractivity contribution < 1.29 is 13.9 Å². The van der Waals surface area contributed by atoms with Gasteiger partial charge in [0.2, 0.25) is 0 Å². The Labute approximate surface area is 114 Å². The Hall–Kier alpha value is -2.63. The van der Waals surface area contributed by atoms with Crippen molar-refractivity contribution in [2.45, 2.75) is 6.17 Å². The van der Waals surface area contributed by atoms with Crippen molar-refractivity contribution in [3.05, 3.63) is 53.5 Å². The van der Waals surface area contributed by atoms with Gasteiger partial charge in [-0.2, -0.15) is 0 Å². The van der Waals surface area contributed by atoms with E-state index in [4.69, 9.17) is 4.74 Å². The Morgan fingerprint density at radius 2 is 2.15 bits per heavy atom. The Morgan fingerprint density at radius 3 is 2.90 bits per heavy atom. The van der Waals surface area contributed by atoms with Crippen molar-refractivity contribution in [1.29, 1.82) is 0 Å². The van der Waals surface area contributed by atoms with Crippen LogP contribution in [0.2, 0.25) is 0 Å². The summed E-state index contributed by atoms with van der Waals surface area (Å²) in [7, 11) is 1.40. The lowest BCUT2D eigenvalue weighted by Gasteiger charge is -2.27. The van der Waals surface area contributed by atoms with Crippen LogP contribution in [0.15, 0.2) is 36.5 Å². The van der Waals surface area contributed by atoms with Gasteiger partial charge < -0.3 is 15.4 Å². The normalized spacial score (nSPS) is 16.9. The first-order valence-corrected chi connectivity index (χ1v) is 6.05. The number of methoxy groups -OCH3 is 1. The minimum absolute atomic E-state index is 0.161. The molecule has 1 amide bonds. The van der Waals surface area contributed by atoms with Crippen LogP contribution in [0, 0.1) is 5.82 Å². The number of nitrogens with zero attached hydrogens (tertiary/aromatic N) is 1. The predicted octanol–water partition coefficient (Wildman–Crippen LogP) is 2.08. The van der Waals surface area contributed by atoms with Crippen molar-refractivity contribution in [2.24, 2.45) is 0 Å². The molecule has 20 heavy (non-hydrogen) atoms. The van der Waals surface area contributed by atoms with E-state index < -0.39 is 12.0 Å². The summed E-state index contributed by atoms with van der Waals surface area (Å²) in [6.45, 7) is 0. The maximum Gasteiger partial charge on any atom is 0.256 e. The van der Waals surface area contributed by atoms with Gasteiger partial charge in [0.05, 0.1) is 12.7 Å². The van der Waals surface area contributed by atoms with E-state index in [1.54, 1.807) is 24.4 Å². The molecule has 1 aliphatic rings. The van der Waals surface area contributed by atoms with E-state index in [1.807, 2.05) is 0 Å². The number of amides is 1. The van der Waals surface area contributed by atoms with Crippen LogP contribution in [0.3, 0.4) is 0 Å². The van der Waals surface area contributed by atoms with Crippen LogP contribution in [0.5, 0.6) is 5.75 Å². The average Bonchev–Trinajstić information content (AvgIpc) is 2.47. The lowest BCUT2D eigenvalue weighted by molar-refractivity contribution is 0.0935. The van der Waals surface area contributed by atoms with Gasteiger partial charge in [0.1, 0.15) is 12.0 Å². The number of hydrogen-bond acceptors (Lipinski definition) is 4. The topological polar surface area (TPSA) is 63.2 Å². The Balaban J connectivity index is 1.94. The molecule has 1 aromatic carbocycles. The molecule has 0 saturated heterocycles. The summed E-state index contributed by atoms with van der Waals surface area (Å²) in [6, 6.07) is 7.90. The number of rotatable bonds is 2. The zero-order chi connectivity index (χ0) is 14.1. The molecule has 5 nitrogen and oxygen atoms in total. The third-order valence-corrected chi connectivity index (χ3v) is 3.12. The molecule has 0 saturated carbocycles. The zero-order valence-electron chi connectivity index (χ0n) is 10.7. The Kier molecular flexibility index (Phi) is 2.98. The Bertz CT molecular complexity index is 675. The number of carbonyl (C=O) groups is 1. The summed E-state index contributed by atoms with van der Waals surface area (Å²) >= 11 is 0. The molecule has 1 atom stereocenters. The van der Waals surface area contributed by atoms with E-state index in [0.717, 1.165) is 0 Å². The summed E-state index contributed by atoms with van der Waals surface area (Å²) in [6.07, 6.45) is 1.07. The fourth-order valence-electron chi connectivity index (χ4n) is 2.11. The van der Waals surface area contributed by atoms with Crippen molar-refractivity contribution >= 4 is 11.7 Å². The SMILES string of the molecule is COc1ccc([C@H]2NC(=O)c3cccnc3N2)cc1F. The first-order valence-electron chi connectivity index (χ1n) is 6.05. The van der Waals surface area contributed by atoms with Crippen LogP contribution in [-0.2, 0) is 0 Å². The monoisotopic (exact) mass is 273 g/mol. The first-order chi connectivity index (χ1) is 9.69. The fraction of sp³-hybridized carbons (Fsp3) is 0.143. The Morgan fingerprint density at radius 1 is 1.30 bits per heavy atom. The van der Waals surface area contributed by atoms with E-state index in [2.05, 4.69) is 15.6 Å². The molecule has 0 aliphatic carbocycles. The summed E-state index contributed by atoms with van der Waals surface area (Å²) in [5.74, 6) is -0.0761. The third-order valence-electron chi connectivity index (χ3n) is 3.12. The first kappa shape index (κ1) is 12.4. The highest BCUT2D eigenvalue weighted by atomic mass is 19.1. The minimum Gasteiger partial charge on any atom is -0.494 e. The number of benzene rings is 1. The van der Waals surface area contributed by atoms with Gasteiger partial charge in [0.25, 0.3) is 5.91 Å². The molecule has 0 fully saturated rings. The molecule has 2 N–H and O–H groups in total. The maximum atomic E-state index is 13.7. The highest BCUT2D eigenvalue weighted by Gasteiger charge is 2.25. The quantitative estimate of drug-likeness (QED) is 0.879. The smallest absolute Gasteiger partial charge is 0.256 e. The molecule has 0 unspecified atom stereocenters. The minimum atomic E-state index is -0.523. The van der Waals surface area contributed by atoms with Gasteiger partial charge in [-0.05, 0) is 29.8 Å². The summed E-state index contributed by atoms with van der Waals surface area (Å²) in [5, 5.41) is 5.81. The summed E-state index contributed by atoms with van der Waals surface area (Å²) < 4.78 is 18.6. The van der Waals surface area contributed by atoms with Crippen LogP contribution >= 0.6 is 0 Å². The van der Waals surface area contributed by atoms with Gasteiger partial charge in [-0.25, -0.2) is 9.37 Å². The number of carbonyl (C=O) groups excluding carboxylic acids is 1.